The Balaban J connectivity index is 1.40. The molecule has 5 rings (SSSR count). The maximum Gasteiger partial charge on any atom is 0.309 e. The van der Waals surface area contributed by atoms with Gasteiger partial charge in [0.25, 0.3) is 0 Å². The van der Waals surface area contributed by atoms with E-state index in [1.807, 2.05) is 31.2 Å². The van der Waals surface area contributed by atoms with E-state index in [0.29, 0.717) is 17.2 Å². The first-order valence-electron chi connectivity index (χ1n) is 13.3. The first kappa shape index (κ1) is 25.3. The smallest absolute Gasteiger partial charge is 0.309 e. The lowest BCUT2D eigenvalue weighted by Gasteiger charge is -2.37. The molecule has 1 heterocycles. The second kappa shape index (κ2) is 11.0. The van der Waals surface area contributed by atoms with E-state index in [9.17, 15) is 9.18 Å². The van der Waals surface area contributed by atoms with Crippen LogP contribution in [0.2, 0.25) is 0 Å². The second-order valence-electron chi connectivity index (χ2n) is 10.4. The van der Waals surface area contributed by atoms with Crippen molar-refractivity contribution in [2.45, 2.75) is 57.5 Å². The number of ether oxygens (including phenoxy) is 3. The van der Waals surface area contributed by atoms with Gasteiger partial charge in [-0.25, -0.2) is 4.39 Å². The van der Waals surface area contributed by atoms with Crippen molar-refractivity contribution in [2.75, 3.05) is 14.2 Å². The minimum Gasteiger partial charge on any atom is -0.497 e. The fourth-order valence-electron chi connectivity index (χ4n) is 5.85. The predicted octanol–water partition coefficient (Wildman–Crippen LogP) is 7.65. The molecule has 194 valence electrons. The van der Waals surface area contributed by atoms with Crippen LogP contribution in [0.15, 0.2) is 60.7 Å². The van der Waals surface area contributed by atoms with Crippen LogP contribution in [-0.4, -0.2) is 20.2 Å². The summed E-state index contributed by atoms with van der Waals surface area (Å²) in [7, 11) is 3.05. The number of aryl methyl sites for hydroxylation is 1. The van der Waals surface area contributed by atoms with Gasteiger partial charge < -0.3 is 14.2 Å². The van der Waals surface area contributed by atoms with E-state index in [0.717, 1.165) is 54.5 Å². The van der Waals surface area contributed by atoms with Gasteiger partial charge in [0.2, 0.25) is 0 Å². The van der Waals surface area contributed by atoms with Crippen molar-refractivity contribution >= 4 is 5.97 Å². The summed E-state index contributed by atoms with van der Waals surface area (Å²) < 4.78 is 31.5. The first-order valence-corrected chi connectivity index (χ1v) is 13.3. The third-order valence-electron chi connectivity index (χ3n) is 8.19. The predicted molar refractivity (Wildman–Crippen MR) is 142 cm³/mol. The van der Waals surface area contributed by atoms with Crippen molar-refractivity contribution in [3.05, 3.63) is 83.2 Å². The summed E-state index contributed by atoms with van der Waals surface area (Å²) >= 11 is 0. The maximum atomic E-state index is 14.5. The van der Waals surface area contributed by atoms with Crippen molar-refractivity contribution in [1.82, 2.24) is 0 Å². The number of carbonyl (C=O) groups excluding carboxylic acids is 1. The molecule has 2 aliphatic rings. The van der Waals surface area contributed by atoms with Gasteiger partial charge >= 0.3 is 5.97 Å². The number of carbonyl (C=O) groups is 1. The van der Waals surface area contributed by atoms with Crippen LogP contribution in [-0.2, 0) is 16.0 Å². The molecular formula is C32H35FO4. The van der Waals surface area contributed by atoms with Gasteiger partial charge in [-0.2, -0.15) is 0 Å². The minimum absolute atomic E-state index is 0.0825. The molecular weight excluding hydrogens is 467 g/mol. The van der Waals surface area contributed by atoms with Crippen LogP contribution < -0.4 is 9.47 Å². The zero-order chi connectivity index (χ0) is 25.9. The van der Waals surface area contributed by atoms with Crippen molar-refractivity contribution in [1.29, 1.82) is 0 Å². The fourth-order valence-corrected chi connectivity index (χ4v) is 5.85. The molecule has 0 amide bonds. The van der Waals surface area contributed by atoms with Crippen LogP contribution in [0.1, 0.15) is 67.7 Å². The van der Waals surface area contributed by atoms with Crippen LogP contribution >= 0.6 is 0 Å². The molecule has 1 aliphatic carbocycles. The molecule has 1 aliphatic heterocycles. The van der Waals surface area contributed by atoms with Gasteiger partial charge in [0.05, 0.1) is 20.1 Å². The summed E-state index contributed by atoms with van der Waals surface area (Å²) in [4.78, 5) is 12.5. The summed E-state index contributed by atoms with van der Waals surface area (Å²) in [5, 5.41) is 0. The number of esters is 1. The van der Waals surface area contributed by atoms with Crippen molar-refractivity contribution < 1.29 is 23.4 Å². The van der Waals surface area contributed by atoms with Crippen molar-refractivity contribution in [3.8, 4) is 22.6 Å². The van der Waals surface area contributed by atoms with E-state index in [4.69, 9.17) is 14.2 Å². The van der Waals surface area contributed by atoms with Gasteiger partial charge in [-0.1, -0.05) is 49.7 Å². The van der Waals surface area contributed by atoms with Crippen molar-refractivity contribution in [3.63, 3.8) is 0 Å². The first-order chi connectivity index (χ1) is 18.0. The molecule has 0 saturated heterocycles. The Bertz CT molecular complexity index is 1250. The lowest BCUT2D eigenvalue weighted by atomic mass is 9.68. The highest BCUT2D eigenvalue weighted by molar-refractivity contribution is 5.73. The molecule has 0 N–H and O–H groups in total. The van der Waals surface area contributed by atoms with Gasteiger partial charge in [0.1, 0.15) is 23.4 Å². The molecule has 37 heavy (non-hydrogen) atoms. The molecule has 0 spiro atoms. The molecule has 1 saturated carbocycles. The number of fused-ring (bicyclic) bond motifs is 1. The zero-order valence-corrected chi connectivity index (χ0v) is 21.8. The van der Waals surface area contributed by atoms with E-state index in [2.05, 4.69) is 18.2 Å². The summed E-state index contributed by atoms with van der Waals surface area (Å²) in [6.45, 7) is 1.98. The molecule has 5 heteroatoms. The van der Waals surface area contributed by atoms with Crippen LogP contribution in [0, 0.1) is 17.7 Å². The van der Waals surface area contributed by atoms with Crippen molar-refractivity contribution in [2.24, 2.45) is 11.8 Å². The molecule has 3 aromatic carbocycles. The van der Waals surface area contributed by atoms with Gasteiger partial charge in [0, 0.05) is 5.56 Å². The average Bonchev–Trinajstić information content (AvgIpc) is 3.12. The van der Waals surface area contributed by atoms with E-state index in [-0.39, 0.29) is 29.7 Å². The second-order valence-corrected chi connectivity index (χ2v) is 10.4. The molecule has 0 bridgehead atoms. The molecule has 0 radical (unpaired) electrons. The maximum absolute atomic E-state index is 14.5. The molecule has 3 atom stereocenters. The number of hydrogen-bond donors (Lipinski definition) is 0. The number of benzene rings is 3. The summed E-state index contributed by atoms with van der Waals surface area (Å²) in [6, 6.07) is 19.3. The Kier molecular flexibility index (Phi) is 7.50. The monoisotopic (exact) mass is 502 g/mol. The minimum atomic E-state index is -0.275. The Morgan fingerprint density at radius 3 is 2.43 bits per heavy atom. The summed E-state index contributed by atoms with van der Waals surface area (Å²) in [5.41, 5.74) is 4.76. The van der Waals surface area contributed by atoms with E-state index >= 15 is 0 Å². The van der Waals surface area contributed by atoms with Gasteiger partial charge in [-0.3, -0.25) is 4.79 Å². The normalized spacial score (nSPS) is 19.0. The molecule has 3 aromatic rings. The average molecular weight is 503 g/mol. The highest BCUT2D eigenvalue weighted by Gasteiger charge is 2.36. The SMILES string of the molecule is COC(=O)[C@@H](C)[C@H](c1ccc2c(c1)OC(c1ccc(-c3cc(OC)ccc3F)cc1)CCC2)C1CCC1. The number of rotatable bonds is 7. The van der Waals surface area contributed by atoms with E-state index in [1.165, 1.54) is 25.2 Å². The topological polar surface area (TPSA) is 44.8 Å². The standard InChI is InChI=1S/C32H35FO4/c1-20(32(34)36-3)31(24-7-4-8-24)25-15-14-22-6-5-9-29(37-30(22)18-25)23-12-10-21(11-13-23)27-19-26(35-2)16-17-28(27)33/h10-20,24,29,31H,4-9H2,1-3H3/t20-,29?,31-/m0/s1. The fraction of sp³-hybridized carbons (Fsp3) is 0.406. The molecule has 1 unspecified atom stereocenters. The number of hydrogen-bond acceptors (Lipinski definition) is 4. The molecule has 4 nitrogen and oxygen atoms in total. The largest absolute Gasteiger partial charge is 0.497 e. The van der Waals surface area contributed by atoms with E-state index < -0.39 is 0 Å². The van der Waals surface area contributed by atoms with Crippen LogP contribution in [0.3, 0.4) is 0 Å². The quantitative estimate of drug-likeness (QED) is 0.311. The van der Waals surface area contributed by atoms with Gasteiger partial charge in [-0.05, 0) is 90.5 Å². The lowest BCUT2D eigenvalue weighted by molar-refractivity contribution is -0.146. The summed E-state index contributed by atoms with van der Waals surface area (Å²) in [6.07, 6.45) is 6.31. The Morgan fingerprint density at radius 2 is 1.76 bits per heavy atom. The molecule has 1 fully saturated rings. The van der Waals surface area contributed by atoms with Crippen LogP contribution in [0.5, 0.6) is 11.5 Å². The van der Waals surface area contributed by atoms with Gasteiger partial charge in [0.15, 0.2) is 0 Å². The van der Waals surface area contributed by atoms with Gasteiger partial charge in [-0.15, -0.1) is 0 Å². The lowest BCUT2D eigenvalue weighted by Crippen LogP contribution is -2.30. The number of methoxy groups -OCH3 is 2. The molecule has 0 aromatic heterocycles. The third kappa shape index (κ3) is 5.22. The highest BCUT2D eigenvalue weighted by atomic mass is 19.1. The Morgan fingerprint density at radius 1 is 0.973 bits per heavy atom. The van der Waals surface area contributed by atoms with E-state index in [1.54, 1.807) is 19.2 Å². The Labute approximate surface area is 218 Å². The zero-order valence-electron chi connectivity index (χ0n) is 21.8. The highest BCUT2D eigenvalue weighted by Crippen LogP contribution is 2.46. The van der Waals surface area contributed by atoms with Crippen LogP contribution in [0.4, 0.5) is 4.39 Å². The Hall–Kier alpha value is -3.34. The summed E-state index contributed by atoms with van der Waals surface area (Å²) in [5.74, 6) is 1.54. The van der Waals surface area contributed by atoms with Crippen LogP contribution in [0.25, 0.3) is 11.1 Å². The number of halogens is 1. The third-order valence-corrected chi connectivity index (χ3v) is 8.19.